The van der Waals surface area contributed by atoms with Crippen molar-refractivity contribution in [1.29, 1.82) is 0 Å². The Labute approximate surface area is 124 Å². The third-order valence-corrected chi connectivity index (χ3v) is 3.52. The fourth-order valence-electron chi connectivity index (χ4n) is 2.39. The van der Waals surface area contributed by atoms with Crippen molar-refractivity contribution in [3.8, 4) is 5.75 Å². The number of benzene rings is 1. The maximum Gasteiger partial charge on any atom is 0.251 e. The number of hydrogen-bond acceptors (Lipinski definition) is 3. The number of phenols is 1. The number of rotatable bonds is 5. The maximum absolute atomic E-state index is 11.8. The number of amides is 1. The lowest BCUT2D eigenvalue weighted by Crippen LogP contribution is -2.39. The van der Waals surface area contributed by atoms with Gasteiger partial charge in [-0.25, -0.2) is 0 Å². The minimum absolute atomic E-state index is 0.141. The Morgan fingerprint density at radius 3 is 2.62 bits per heavy atom. The van der Waals surface area contributed by atoms with E-state index in [0.29, 0.717) is 30.7 Å². The second-order valence-electron chi connectivity index (χ2n) is 5.20. The van der Waals surface area contributed by atoms with Gasteiger partial charge in [0, 0.05) is 18.2 Å². The molecule has 1 fully saturated rings. The molecule has 1 saturated carbocycles. The summed E-state index contributed by atoms with van der Waals surface area (Å²) in [6.45, 7) is 0.863. The molecular weight excluding hydrogens is 268 g/mol. The summed E-state index contributed by atoms with van der Waals surface area (Å²) in [6.07, 6.45) is 4.78. The summed E-state index contributed by atoms with van der Waals surface area (Å²) >= 11 is 0. The molecule has 6 nitrogen and oxygen atoms in total. The van der Waals surface area contributed by atoms with Gasteiger partial charge in [0.1, 0.15) is 5.75 Å². The van der Waals surface area contributed by atoms with Gasteiger partial charge in [-0.2, -0.15) is 0 Å². The molecule has 0 spiro atoms. The number of aromatic hydroxyl groups is 1. The van der Waals surface area contributed by atoms with Gasteiger partial charge >= 0.3 is 0 Å². The summed E-state index contributed by atoms with van der Waals surface area (Å²) in [4.78, 5) is 16.0. The first-order valence-electron chi connectivity index (χ1n) is 7.29. The molecule has 6 heteroatoms. The predicted molar refractivity (Wildman–Crippen MR) is 82.3 cm³/mol. The number of carbonyl (C=O) groups excluding carboxylic acids is 1. The van der Waals surface area contributed by atoms with Crippen LogP contribution in [0.15, 0.2) is 29.3 Å². The van der Waals surface area contributed by atoms with Gasteiger partial charge < -0.3 is 21.5 Å². The Balaban J connectivity index is 1.68. The van der Waals surface area contributed by atoms with Crippen molar-refractivity contribution in [3.05, 3.63) is 29.8 Å². The van der Waals surface area contributed by atoms with Crippen LogP contribution in [0.1, 0.15) is 36.0 Å². The lowest BCUT2D eigenvalue weighted by molar-refractivity contribution is 0.0955. The zero-order valence-corrected chi connectivity index (χ0v) is 12.0. The van der Waals surface area contributed by atoms with Crippen LogP contribution in [-0.4, -0.2) is 36.1 Å². The van der Waals surface area contributed by atoms with Crippen molar-refractivity contribution < 1.29 is 9.90 Å². The van der Waals surface area contributed by atoms with E-state index in [1.54, 1.807) is 12.1 Å². The van der Waals surface area contributed by atoms with Gasteiger partial charge in [0.25, 0.3) is 5.91 Å². The summed E-state index contributed by atoms with van der Waals surface area (Å²) in [6, 6.07) is 6.56. The first kappa shape index (κ1) is 15.2. The summed E-state index contributed by atoms with van der Waals surface area (Å²) < 4.78 is 0. The number of nitrogens with one attached hydrogen (secondary N) is 2. The highest BCUT2D eigenvalue weighted by Gasteiger charge is 2.14. The number of phenolic OH excluding ortho intramolecular Hbond substituents is 1. The number of aliphatic imine (C=N–C) groups is 1. The Bertz CT molecular complexity index is 493. The van der Waals surface area contributed by atoms with Crippen molar-refractivity contribution in [1.82, 2.24) is 10.6 Å². The quantitative estimate of drug-likeness (QED) is 0.369. The maximum atomic E-state index is 11.8. The predicted octanol–water partition coefficient (Wildman–Crippen LogP) is 0.969. The van der Waals surface area contributed by atoms with Crippen LogP contribution in [-0.2, 0) is 0 Å². The fraction of sp³-hybridized carbons (Fsp3) is 0.467. The van der Waals surface area contributed by atoms with Crippen molar-refractivity contribution in [2.45, 2.75) is 31.7 Å². The Morgan fingerprint density at radius 2 is 1.95 bits per heavy atom. The smallest absolute Gasteiger partial charge is 0.251 e. The Hall–Kier alpha value is -2.24. The van der Waals surface area contributed by atoms with Crippen molar-refractivity contribution in [2.75, 3.05) is 13.1 Å². The van der Waals surface area contributed by atoms with Gasteiger partial charge in [0.05, 0.1) is 6.54 Å². The van der Waals surface area contributed by atoms with Crippen molar-refractivity contribution in [2.24, 2.45) is 10.7 Å². The molecule has 0 aliphatic heterocycles. The molecule has 0 heterocycles. The normalized spacial score (nSPS) is 15.9. The van der Waals surface area contributed by atoms with E-state index in [0.717, 1.165) is 12.8 Å². The highest BCUT2D eigenvalue weighted by atomic mass is 16.3. The minimum atomic E-state index is -0.187. The topological polar surface area (TPSA) is 99.7 Å². The zero-order chi connectivity index (χ0) is 15.1. The number of hydrogen-bond donors (Lipinski definition) is 4. The molecule has 1 aliphatic rings. The molecule has 21 heavy (non-hydrogen) atoms. The van der Waals surface area contributed by atoms with E-state index in [4.69, 9.17) is 10.8 Å². The third kappa shape index (κ3) is 4.98. The zero-order valence-electron chi connectivity index (χ0n) is 12.0. The average Bonchev–Trinajstić information content (AvgIpc) is 2.97. The Morgan fingerprint density at radius 1 is 1.29 bits per heavy atom. The fourth-order valence-corrected chi connectivity index (χ4v) is 2.39. The standard InChI is InChI=1S/C15H22N4O2/c16-15(19-12-3-1-2-4-12)18-10-9-17-14(21)11-5-7-13(20)8-6-11/h5-8,12,20H,1-4,9-10H2,(H,17,21)(H3,16,18,19). The summed E-state index contributed by atoms with van der Waals surface area (Å²) in [5.41, 5.74) is 6.30. The van der Waals surface area contributed by atoms with Crippen LogP contribution in [0.5, 0.6) is 5.75 Å². The van der Waals surface area contributed by atoms with Crippen LogP contribution >= 0.6 is 0 Å². The van der Waals surface area contributed by atoms with Crippen LogP contribution in [0.2, 0.25) is 0 Å². The molecule has 2 rings (SSSR count). The molecule has 0 radical (unpaired) electrons. The van der Waals surface area contributed by atoms with E-state index >= 15 is 0 Å². The highest BCUT2D eigenvalue weighted by Crippen LogP contribution is 2.17. The van der Waals surface area contributed by atoms with Crippen molar-refractivity contribution >= 4 is 11.9 Å². The summed E-state index contributed by atoms with van der Waals surface area (Å²) in [5.74, 6) is 0.398. The molecule has 1 aliphatic carbocycles. The van der Waals surface area contributed by atoms with Gasteiger partial charge in [0.2, 0.25) is 0 Å². The van der Waals surface area contributed by atoms with E-state index < -0.39 is 0 Å². The van der Waals surface area contributed by atoms with E-state index in [1.807, 2.05) is 0 Å². The SMILES string of the molecule is NC(=NCCNC(=O)c1ccc(O)cc1)NC1CCCC1. The first-order chi connectivity index (χ1) is 10.1. The van der Waals surface area contributed by atoms with E-state index in [9.17, 15) is 4.79 Å². The van der Waals surface area contributed by atoms with Crippen molar-refractivity contribution in [3.63, 3.8) is 0 Å². The molecule has 5 N–H and O–H groups in total. The van der Waals surface area contributed by atoms with Gasteiger partial charge in [-0.3, -0.25) is 9.79 Å². The molecule has 114 valence electrons. The molecular formula is C15H22N4O2. The lowest BCUT2D eigenvalue weighted by Gasteiger charge is -2.12. The van der Waals surface area contributed by atoms with Gasteiger partial charge in [-0.15, -0.1) is 0 Å². The molecule has 1 amide bonds. The van der Waals surface area contributed by atoms with E-state index in [1.165, 1.54) is 25.0 Å². The summed E-state index contributed by atoms with van der Waals surface area (Å²) in [7, 11) is 0. The lowest BCUT2D eigenvalue weighted by atomic mass is 10.2. The van der Waals surface area contributed by atoms with Crippen LogP contribution < -0.4 is 16.4 Å². The highest BCUT2D eigenvalue weighted by molar-refractivity contribution is 5.94. The van der Waals surface area contributed by atoms with Crippen LogP contribution in [0, 0.1) is 0 Å². The molecule has 0 unspecified atom stereocenters. The van der Waals surface area contributed by atoms with E-state index in [2.05, 4.69) is 15.6 Å². The second-order valence-corrected chi connectivity index (χ2v) is 5.20. The van der Waals surface area contributed by atoms with Gasteiger partial charge in [-0.05, 0) is 37.1 Å². The summed E-state index contributed by atoms with van der Waals surface area (Å²) in [5, 5.41) is 15.1. The van der Waals surface area contributed by atoms with Gasteiger partial charge in [-0.1, -0.05) is 12.8 Å². The largest absolute Gasteiger partial charge is 0.508 e. The average molecular weight is 290 g/mol. The minimum Gasteiger partial charge on any atom is -0.508 e. The monoisotopic (exact) mass is 290 g/mol. The van der Waals surface area contributed by atoms with Crippen LogP contribution in [0.25, 0.3) is 0 Å². The molecule has 1 aromatic rings. The molecule has 0 saturated heterocycles. The Kier molecular flexibility index (Phi) is 5.43. The van der Waals surface area contributed by atoms with Crippen LogP contribution in [0.3, 0.4) is 0 Å². The molecule has 0 atom stereocenters. The second kappa shape index (κ2) is 7.52. The number of nitrogens with two attached hydrogens (primary N) is 1. The van der Waals surface area contributed by atoms with Gasteiger partial charge in [0.15, 0.2) is 5.96 Å². The first-order valence-corrected chi connectivity index (χ1v) is 7.29. The number of guanidine groups is 1. The third-order valence-electron chi connectivity index (χ3n) is 3.52. The molecule has 0 aromatic heterocycles. The molecule has 0 bridgehead atoms. The number of carbonyl (C=O) groups is 1. The van der Waals surface area contributed by atoms with E-state index in [-0.39, 0.29) is 11.7 Å². The molecule has 1 aromatic carbocycles. The van der Waals surface area contributed by atoms with Crippen LogP contribution in [0.4, 0.5) is 0 Å². The number of nitrogens with zero attached hydrogens (tertiary/aromatic N) is 1.